The van der Waals surface area contributed by atoms with Crippen LogP contribution in [0.3, 0.4) is 0 Å². The van der Waals surface area contributed by atoms with Gasteiger partial charge in [-0.25, -0.2) is 4.98 Å². The summed E-state index contributed by atoms with van der Waals surface area (Å²) in [5, 5.41) is 6.38. The fourth-order valence-corrected chi connectivity index (χ4v) is 3.39. The summed E-state index contributed by atoms with van der Waals surface area (Å²) in [6.07, 6.45) is 6.14. The van der Waals surface area contributed by atoms with Gasteiger partial charge >= 0.3 is 0 Å². The molecular formula is C23H23N3O2. The number of para-hydroxylation sites is 3. The molecule has 0 atom stereocenters. The van der Waals surface area contributed by atoms with Gasteiger partial charge < -0.3 is 15.4 Å². The molecule has 1 aliphatic carbocycles. The van der Waals surface area contributed by atoms with Gasteiger partial charge in [0.05, 0.1) is 5.69 Å². The summed E-state index contributed by atoms with van der Waals surface area (Å²) >= 11 is 0. The largest absolute Gasteiger partial charge is 0.455 e. The van der Waals surface area contributed by atoms with Crippen molar-refractivity contribution in [1.82, 2.24) is 10.3 Å². The third kappa shape index (κ3) is 4.49. The Morgan fingerprint density at radius 3 is 2.54 bits per heavy atom. The van der Waals surface area contributed by atoms with Crippen LogP contribution in [0.4, 0.5) is 11.5 Å². The fraction of sp³-hybridized carbons (Fsp3) is 0.217. The minimum absolute atomic E-state index is 0.0498. The van der Waals surface area contributed by atoms with Gasteiger partial charge in [-0.15, -0.1) is 0 Å². The zero-order chi connectivity index (χ0) is 19.2. The van der Waals surface area contributed by atoms with Crippen molar-refractivity contribution in [3.05, 3.63) is 78.5 Å². The Hall–Kier alpha value is -3.34. The van der Waals surface area contributed by atoms with Crippen LogP contribution in [0.5, 0.6) is 11.5 Å². The lowest BCUT2D eigenvalue weighted by Gasteiger charge is -2.14. The van der Waals surface area contributed by atoms with E-state index in [9.17, 15) is 4.79 Å². The summed E-state index contributed by atoms with van der Waals surface area (Å²) in [7, 11) is 0. The van der Waals surface area contributed by atoms with Gasteiger partial charge in [-0.1, -0.05) is 43.2 Å². The van der Waals surface area contributed by atoms with E-state index < -0.39 is 0 Å². The van der Waals surface area contributed by atoms with Crippen molar-refractivity contribution in [2.45, 2.75) is 31.7 Å². The average molecular weight is 373 g/mol. The fourth-order valence-electron chi connectivity index (χ4n) is 3.39. The summed E-state index contributed by atoms with van der Waals surface area (Å²) in [5.74, 6) is 2.00. The highest BCUT2D eigenvalue weighted by molar-refractivity contribution is 5.95. The zero-order valence-electron chi connectivity index (χ0n) is 15.6. The normalized spacial score (nSPS) is 13.9. The number of hydrogen-bond acceptors (Lipinski definition) is 4. The minimum Gasteiger partial charge on any atom is -0.455 e. The highest BCUT2D eigenvalue weighted by Gasteiger charge is 2.18. The van der Waals surface area contributed by atoms with Crippen molar-refractivity contribution in [3.63, 3.8) is 0 Å². The summed E-state index contributed by atoms with van der Waals surface area (Å²) in [5.41, 5.74) is 1.39. The van der Waals surface area contributed by atoms with Crippen LogP contribution in [0.25, 0.3) is 0 Å². The second-order valence-electron chi connectivity index (χ2n) is 6.92. The van der Waals surface area contributed by atoms with Gasteiger partial charge in [0, 0.05) is 17.8 Å². The number of pyridine rings is 1. The molecular weight excluding hydrogens is 350 g/mol. The lowest BCUT2D eigenvalue weighted by atomic mass is 10.2. The van der Waals surface area contributed by atoms with E-state index in [1.807, 2.05) is 54.6 Å². The van der Waals surface area contributed by atoms with Gasteiger partial charge in [0.2, 0.25) is 0 Å². The molecule has 0 unspecified atom stereocenters. The first-order valence-electron chi connectivity index (χ1n) is 9.64. The van der Waals surface area contributed by atoms with Crippen LogP contribution in [0, 0.1) is 0 Å². The number of nitrogens with one attached hydrogen (secondary N) is 2. The smallest absolute Gasteiger partial charge is 0.251 e. The second-order valence-corrected chi connectivity index (χ2v) is 6.92. The SMILES string of the molecule is O=C(NC1CCCC1)c1ccnc(Nc2ccccc2Oc2ccccc2)c1. The zero-order valence-corrected chi connectivity index (χ0v) is 15.6. The van der Waals surface area contributed by atoms with Gasteiger partial charge in [0.25, 0.3) is 5.91 Å². The van der Waals surface area contributed by atoms with Crippen molar-refractivity contribution in [2.24, 2.45) is 0 Å². The Morgan fingerprint density at radius 1 is 0.964 bits per heavy atom. The van der Waals surface area contributed by atoms with Gasteiger partial charge in [-0.3, -0.25) is 4.79 Å². The number of hydrogen-bond donors (Lipinski definition) is 2. The Kier molecular flexibility index (Phi) is 5.52. The van der Waals surface area contributed by atoms with E-state index in [0.717, 1.165) is 24.3 Å². The molecule has 1 heterocycles. The van der Waals surface area contributed by atoms with Crippen LogP contribution in [0.2, 0.25) is 0 Å². The van der Waals surface area contributed by atoms with Crippen LogP contribution in [-0.4, -0.2) is 16.9 Å². The van der Waals surface area contributed by atoms with E-state index in [4.69, 9.17) is 4.74 Å². The van der Waals surface area contributed by atoms with Gasteiger partial charge in [-0.2, -0.15) is 0 Å². The molecule has 5 heteroatoms. The van der Waals surface area contributed by atoms with E-state index in [1.165, 1.54) is 12.8 Å². The highest BCUT2D eigenvalue weighted by Crippen LogP contribution is 2.31. The maximum atomic E-state index is 12.5. The number of rotatable bonds is 6. The number of nitrogens with zero attached hydrogens (tertiary/aromatic N) is 1. The van der Waals surface area contributed by atoms with Gasteiger partial charge in [0.1, 0.15) is 11.6 Å². The Bertz CT molecular complexity index is 937. The summed E-state index contributed by atoms with van der Waals surface area (Å²) in [4.78, 5) is 16.9. The minimum atomic E-state index is -0.0498. The molecule has 1 amide bonds. The highest BCUT2D eigenvalue weighted by atomic mass is 16.5. The van der Waals surface area contributed by atoms with Crippen LogP contribution in [-0.2, 0) is 0 Å². The molecule has 0 aliphatic heterocycles. The molecule has 28 heavy (non-hydrogen) atoms. The molecule has 142 valence electrons. The molecule has 1 aromatic heterocycles. The number of benzene rings is 2. The van der Waals surface area contributed by atoms with Gasteiger partial charge in [-0.05, 0) is 49.2 Å². The molecule has 0 saturated heterocycles. The Balaban J connectivity index is 1.49. The maximum absolute atomic E-state index is 12.5. The van der Waals surface area contributed by atoms with Crippen LogP contribution in [0.15, 0.2) is 72.9 Å². The lowest BCUT2D eigenvalue weighted by molar-refractivity contribution is 0.0938. The van der Waals surface area contributed by atoms with Crippen molar-refractivity contribution in [2.75, 3.05) is 5.32 Å². The van der Waals surface area contributed by atoms with Crippen molar-refractivity contribution >= 4 is 17.4 Å². The maximum Gasteiger partial charge on any atom is 0.251 e. The molecule has 3 aromatic rings. The van der Waals surface area contributed by atoms with Crippen LogP contribution in [0.1, 0.15) is 36.0 Å². The molecule has 1 fully saturated rings. The number of amides is 1. The van der Waals surface area contributed by atoms with Gasteiger partial charge in [0.15, 0.2) is 5.75 Å². The Morgan fingerprint density at radius 2 is 1.71 bits per heavy atom. The summed E-state index contributed by atoms with van der Waals surface area (Å²) < 4.78 is 5.98. The molecule has 0 spiro atoms. The van der Waals surface area contributed by atoms with E-state index >= 15 is 0 Å². The molecule has 0 radical (unpaired) electrons. The molecule has 1 saturated carbocycles. The summed E-state index contributed by atoms with van der Waals surface area (Å²) in [6, 6.07) is 21.1. The van der Waals surface area contributed by atoms with E-state index in [1.54, 1.807) is 18.3 Å². The quantitative estimate of drug-likeness (QED) is 0.616. The number of aromatic nitrogens is 1. The van der Waals surface area contributed by atoms with Crippen molar-refractivity contribution in [1.29, 1.82) is 0 Å². The van der Waals surface area contributed by atoms with Crippen molar-refractivity contribution in [3.8, 4) is 11.5 Å². The second kappa shape index (κ2) is 8.57. The number of carbonyl (C=O) groups is 1. The molecule has 4 rings (SSSR count). The monoisotopic (exact) mass is 373 g/mol. The van der Waals surface area contributed by atoms with Crippen molar-refractivity contribution < 1.29 is 9.53 Å². The molecule has 0 bridgehead atoms. The lowest BCUT2D eigenvalue weighted by Crippen LogP contribution is -2.32. The molecule has 2 aromatic carbocycles. The predicted molar refractivity (Wildman–Crippen MR) is 110 cm³/mol. The van der Waals surface area contributed by atoms with E-state index in [-0.39, 0.29) is 11.9 Å². The summed E-state index contributed by atoms with van der Waals surface area (Å²) in [6.45, 7) is 0. The third-order valence-electron chi connectivity index (χ3n) is 4.83. The standard InChI is InChI=1S/C23H23N3O2/c27-23(25-18-8-4-5-9-18)17-14-15-24-22(16-17)26-20-12-6-7-13-21(20)28-19-10-2-1-3-11-19/h1-3,6-7,10-16,18H,4-5,8-9H2,(H,24,26)(H,25,27). The number of anilines is 2. The first-order valence-corrected chi connectivity index (χ1v) is 9.64. The predicted octanol–water partition coefficient (Wildman–Crippen LogP) is 5.29. The topological polar surface area (TPSA) is 63.2 Å². The van der Waals surface area contributed by atoms with E-state index in [2.05, 4.69) is 15.6 Å². The molecule has 1 aliphatic rings. The number of ether oxygens (including phenoxy) is 1. The molecule has 2 N–H and O–H groups in total. The first-order chi connectivity index (χ1) is 13.8. The van der Waals surface area contributed by atoms with Crippen LogP contribution >= 0.6 is 0 Å². The number of carbonyl (C=O) groups excluding carboxylic acids is 1. The first kappa shape index (κ1) is 18.0. The molecule has 5 nitrogen and oxygen atoms in total. The van der Waals surface area contributed by atoms with Crippen LogP contribution < -0.4 is 15.4 Å². The van der Waals surface area contributed by atoms with E-state index in [0.29, 0.717) is 17.1 Å². The Labute approximate surface area is 164 Å². The average Bonchev–Trinajstić information content (AvgIpc) is 3.23. The third-order valence-corrected chi connectivity index (χ3v) is 4.83.